The summed E-state index contributed by atoms with van der Waals surface area (Å²) in [4.78, 5) is 21.4. The molecule has 0 spiro atoms. The van der Waals surface area contributed by atoms with E-state index in [1.807, 2.05) is 13.8 Å². The lowest BCUT2D eigenvalue weighted by atomic mass is 10.1. The van der Waals surface area contributed by atoms with Crippen LogP contribution in [0.5, 0.6) is 0 Å². The van der Waals surface area contributed by atoms with Crippen LogP contribution in [0, 0.1) is 13.8 Å². The Labute approximate surface area is 151 Å². The van der Waals surface area contributed by atoms with Gasteiger partial charge in [0.2, 0.25) is 10.0 Å². The first-order valence-electron chi connectivity index (χ1n) is 7.87. The van der Waals surface area contributed by atoms with E-state index in [1.165, 1.54) is 0 Å². The Morgan fingerprint density at radius 3 is 2.23 bits per heavy atom. The highest BCUT2D eigenvalue weighted by Crippen LogP contribution is 2.17. The number of benzene rings is 2. The summed E-state index contributed by atoms with van der Waals surface area (Å²) in [6.07, 6.45) is 0. The summed E-state index contributed by atoms with van der Waals surface area (Å²) in [6.45, 7) is 3.76. The lowest BCUT2D eigenvalue weighted by Gasteiger charge is -2.08. The number of anilines is 1. The number of amides is 1. The van der Waals surface area contributed by atoms with Gasteiger partial charge in [-0.3, -0.25) is 4.79 Å². The Morgan fingerprint density at radius 2 is 1.62 bits per heavy atom. The lowest BCUT2D eigenvalue weighted by Crippen LogP contribution is -2.15. The molecule has 1 aromatic heterocycles. The van der Waals surface area contributed by atoms with Gasteiger partial charge < -0.3 is 5.32 Å². The highest BCUT2D eigenvalue weighted by molar-refractivity contribution is 7.88. The lowest BCUT2D eigenvalue weighted by molar-refractivity contribution is 0.102. The van der Waals surface area contributed by atoms with Gasteiger partial charge in [-0.1, -0.05) is 12.1 Å². The quantitative estimate of drug-likeness (QED) is 0.731. The maximum absolute atomic E-state index is 12.4. The monoisotopic (exact) mass is 370 g/mol. The smallest absolute Gasteiger partial charge is 0.255 e. The molecular weight excluding hydrogens is 352 g/mol. The molecule has 0 unspecified atom stereocenters. The number of nitrogens with zero attached hydrogens (tertiary/aromatic N) is 2. The van der Waals surface area contributed by atoms with Gasteiger partial charge >= 0.3 is 0 Å². The summed E-state index contributed by atoms with van der Waals surface area (Å²) in [5.41, 5.74) is 4.64. The minimum Gasteiger partial charge on any atom is -0.322 e. The van der Waals surface area contributed by atoms with Gasteiger partial charge in [0.1, 0.15) is 0 Å². The van der Waals surface area contributed by atoms with Crippen molar-refractivity contribution in [3.63, 3.8) is 0 Å². The molecule has 2 aromatic carbocycles. The number of carbonyl (C=O) groups excluding carboxylic acids is 1. The van der Waals surface area contributed by atoms with Crippen molar-refractivity contribution < 1.29 is 13.2 Å². The molecule has 0 fully saturated rings. The van der Waals surface area contributed by atoms with Crippen molar-refractivity contribution >= 4 is 32.7 Å². The van der Waals surface area contributed by atoms with Crippen LogP contribution in [0.1, 0.15) is 27.3 Å². The minimum atomic E-state index is -3.58. The number of primary sulfonamides is 1. The number of sulfonamides is 1. The number of nitrogens with two attached hydrogens (primary N) is 1. The predicted octanol–water partition coefficient (Wildman–Crippen LogP) is 2.29. The van der Waals surface area contributed by atoms with Crippen molar-refractivity contribution in [2.45, 2.75) is 19.6 Å². The van der Waals surface area contributed by atoms with Crippen molar-refractivity contribution in [2.75, 3.05) is 5.32 Å². The fourth-order valence-electron chi connectivity index (χ4n) is 2.49. The highest BCUT2D eigenvalue weighted by atomic mass is 32.2. The zero-order valence-electron chi connectivity index (χ0n) is 14.4. The van der Waals surface area contributed by atoms with Crippen LogP contribution in [-0.2, 0) is 15.8 Å². The van der Waals surface area contributed by atoms with E-state index in [9.17, 15) is 13.2 Å². The highest BCUT2D eigenvalue weighted by Gasteiger charge is 2.10. The van der Waals surface area contributed by atoms with Crippen molar-refractivity contribution in [1.29, 1.82) is 0 Å². The number of aryl methyl sites for hydroxylation is 2. The molecule has 134 valence electrons. The van der Waals surface area contributed by atoms with E-state index >= 15 is 0 Å². The molecule has 0 saturated heterocycles. The number of hydrogen-bond acceptors (Lipinski definition) is 5. The van der Waals surface area contributed by atoms with Crippen LogP contribution in [0.2, 0.25) is 0 Å². The molecule has 26 heavy (non-hydrogen) atoms. The molecule has 0 aliphatic rings. The number of fused-ring (bicyclic) bond motifs is 1. The molecule has 0 aliphatic heterocycles. The number of rotatable bonds is 4. The molecular formula is C18H18N4O3S. The third-order valence-corrected chi connectivity index (χ3v) is 4.65. The maximum Gasteiger partial charge on any atom is 0.255 e. The molecule has 3 rings (SSSR count). The zero-order valence-corrected chi connectivity index (χ0v) is 15.2. The Morgan fingerprint density at radius 1 is 1.00 bits per heavy atom. The third-order valence-electron chi connectivity index (χ3n) is 3.92. The van der Waals surface area contributed by atoms with Crippen molar-refractivity contribution in [2.24, 2.45) is 5.14 Å². The fraction of sp³-hybridized carbons (Fsp3) is 0.167. The summed E-state index contributed by atoms with van der Waals surface area (Å²) in [5, 5.41) is 7.79. The second-order valence-electron chi connectivity index (χ2n) is 6.06. The summed E-state index contributed by atoms with van der Waals surface area (Å²) >= 11 is 0. The van der Waals surface area contributed by atoms with Crippen molar-refractivity contribution in [3.8, 4) is 0 Å². The molecule has 1 heterocycles. The van der Waals surface area contributed by atoms with Gasteiger partial charge in [-0.2, -0.15) is 0 Å². The summed E-state index contributed by atoms with van der Waals surface area (Å²) in [7, 11) is -3.58. The second kappa shape index (κ2) is 6.81. The minimum absolute atomic E-state index is 0.247. The second-order valence-corrected chi connectivity index (χ2v) is 7.67. The Balaban J connectivity index is 1.79. The number of aromatic nitrogens is 2. The van der Waals surface area contributed by atoms with Crippen LogP contribution in [0.15, 0.2) is 42.5 Å². The zero-order chi connectivity index (χ0) is 18.9. The van der Waals surface area contributed by atoms with Gasteiger partial charge in [0.05, 0.1) is 28.2 Å². The third kappa shape index (κ3) is 4.22. The normalized spacial score (nSPS) is 11.5. The van der Waals surface area contributed by atoms with Gasteiger partial charge in [0.15, 0.2) is 0 Å². The first-order chi connectivity index (χ1) is 12.2. The van der Waals surface area contributed by atoms with E-state index in [2.05, 4.69) is 15.3 Å². The molecule has 7 nitrogen and oxygen atoms in total. The topological polar surface area (TPSA) is 115 Å². The Kier molecular flexibility index (Phi) is 4.71. The molecule has 0 saturated carbocycles. The molecule has 8 heteroatoms. The summed E-state index contributed by atoms with van der Waals surface area (Å²) < 4.78 is 22.2. The SMILES string of the molecule is Cc1nc2ccc(C(=O)Nc3ccc(CS(N)(=O)=O)cc3)cc2nc1C. The van der Waals surface area contributed by atoms with Gasteiger partial charge in [0.25, 0.3) is 5.91 Å². The van der Waals surface area contributed by atoms with Gasteiger partial charge in [-0.15, -0.1) is 0 Å². The molecule has 0 radical (unpaired) electrons. The summed E-state index contributed by atoms with van der Waals surface area (Å²) in [6, 6.07) is 11.6. The Hall–Kier alpha value is -2.84. The number of hydrogen-bond donors (Lipinski definition) is 2. The number of carbonyl (C=O) groups is 1. The van der Waals surface area contributed by atoms with E-state index in [1.54, 1.807) is 42.5 Å². The van der Waals surface area contributed by atoms with E-state index in [-0.39, 0.29) is 11.7 Å². The van der Waals surface area contributed by atoms with E-state index in [4.69, 9.17) is 5.14 Å². The molecule has 0 bridgehead atoms. The average Bonchev–Trinajstić information content (AvgIpc) is 2.56. The Bertz CT molecular complexity index is 1090. The first kappa shape index (κ1) is 18.0. The van der Waals surface area contributed by atoms with E-state index in [0.29, 0.717) is 22.3 Å². The van der Waals surface area contributed by atoms with Crippen LogP contribution in [0.25, 0.3) is 11.0 Å². The summed E-state index contributed by atoms with van der Waals surface area (Å²) in [5.74, 6) is -0.533. The van der Waals surface area contributed by atoms with Gasteiger partial charge in [-0.25, -0.2) is 23.5 Å². The van der Waals surface area contributed by atoms with Crippen molar-refractivity contribution in [3.05, 3.63) is 65.0 Å². The largest absolute Gasteiger partial charge is 0.322 e. The fourth-order valence-corrected chi connectivity index (χ4v) is 3.15. The standard InChI is InChI=1S/C18H18N4O3S/c1-11-12(2)21-17-9-14(5-8-16(17)20-11)18(23)22-15-6-3-13(4-7-15)10-26(19,24)25/h3-9H,10H2,1-2H3,(H,22,23)(H2,19,24,25). The molecule has 0 atom stereocenters. The van der Waals surface area contributed by atoms with E-state index in [0.717, 1.165) is 16.9 Å². The van der Waals surface area contributed by atoms with Crippen molar-refractivity contribution in [1.82, 2.24) is 9.97 Å². The molecule has 3 N–H and O–H groups in total. The van der Waals surface area contributed by atoms with Crippen LogP contribution in [0.3, 0.4) is 0 Å². The van der Waals surface area contributed by atoms with Crippen LogP contribution in [0.4, 0.5) is 5.69 Å². The van der Waals surface area contributed by atoms with Crippen LogP contribution < -0.4 is 10.5 Å². The van der Waals surface area contributed by atoms with E-state index < -0.39 is 10.0 Å². The van der Waals surface area contributed by atoms with Crippen LogP contribution >= 0.6 is 0 Å². The van der Waals surface area contributed by atoms with Gasteiger partial charge in [-0.05, 0) is 49.7 Å². The maximum atomic E-state index is 12.4. The molecule has 1 amide bonds. The molecule has 0 aliphatic carbocycles. The average molecular weight is 370 g/mol. The van der Waals surface area contributed by atoms with Gasteiger partial charge in [0, 0.05) is 11.3 Å². The number of nitrogens with one attached hydrogen (secondary N) is 1. The van der Waals surface area contributed by atoms with Crippen LogP contribution in [-0.4, -0.2) is 24.3 Å². The molecule has 3 aromatic rings. The predicted molar refractivity (Wildman–Crippen MR) is 100 cm³/mol. The first-order valence-corrected chi connectivity index (χ1v) is 9.58.